The van der Waals surface area contributed by atoms with Crippen molar-refractivity contribution in [1.29, 1.82) is 0 Å². The Hall–Kier alpha value is -2.10. The van der Waals surface area contributed by atoms with Gasteiger partial charge < -0.3 is 9.84 Å². The van der Waals surface area contributed by atoms with Gasteiger partial charge in [-0.1, -0.05) is 24.3 Å². The zero-order chi connectivity index (χ0) is 11.3. The molecule has 1 rings (SSSR count). The SMILES string of the molecule is CO/C=C(/C(=O)O)c1ccccc1C=O. The van der Waals surface area contributed by atoms with Crippen molar-refractivity contribution in [3.63, 3.8) is 0 Å². The van der Waals surface area contributed by atoms with E-state index in [0.29, 0.717) is 17.4 Å². The van der Waals surface area contributed by atoms with Crippen LogP contribution in [0.3, 0.4) is 0 Å². The van der Waals surface area contributed by atoms with Gasteiger partial charge in [0, 0.05) is 11.1 Å². The van der Waals surface area contributed by atoms with E-state index in [1.807, 2.05) is 0 Å². The molecule has 1 aromatic carbocycles. The third kappa shape index (κ3) is 2.43. The highest BCUT2D eigenvalue weighted by molar-refractivity contribution is 6.16. The van der Waals surface area contributed by atoms with Crippen molar-refractivity contribution in [2.24, 2.45) is 0 Å². The molecule has 0 heterocycles. The summed E-state index contributed by atoms with van der Waals surface area (Å²) < 4.78 is 4.66. The van der Waals surface area contributed by atoms with Gasteiger partial charge in [-0.05, 0) is 0 Å². The van der Waals surface area contributed by atoms with Crippen molar-refractivity contribution in [3.8, 4) is 0 Å². The van der Waals surface area contributed by atoms with Crippen LogP contribution < -0.4 is 0 Å². The molecule has 0 aliphatic carbocycles. The summed E-state index contributed by atoms with van der Waals surface area (Å²) in [7, 11) is 1.35. The van der Waals surface area contributed by atoms with Crippen molar-refractivity contribution in [1.82, 2.24) is 0 Å². The van der Waals surface area contributed by atoms with Gasteiger partial charge >= 0.3 is 5.97 Å². The summed E-state index contributed by atoms with van der Waals surface area (Å²) in [6.45, 7) is 0. The van der Waals surface area contributed by atoms with Crippen LogP contribution in [0.15, 0.2) is 30.5 Å². The number of hydrogen-bond donors (Lipinski definition) is 1. The summed E-state index contributed by atoms with van der Waals surface area (Å²) in [5, 5.41) is 8.91. The Morgan fingerprint density at radius 2 is 2.07 bits per heavy atom. The van der Waals surface area contributed by atoms with Crippen molar-refractivity contribution in [3.05, 3.63) is 41.7 Å². The van der Waals surface area contributed by atoms with E-state index in [-0.39, 0.29) is 5.57 Å². The van der Waals surface area contributed by atoms with Gasteiger partial charge in [-0.25, -0.2) is 4.79 Å². The smallest absolute Gasteiger partial charge is 0.339 e. The van der Waals surface area contributed by atoms with Crippen LogP contribution in [0, 0.1) is 0 Å². The first-order valence-electron chi connectivity index (χ1n) is 4.21. The lowest BCUT2D eigenvalue weighted by molar-refractivity contribution is -0.130. The lowest BCUT2D eigenvalue weighted by atomic mass is 10.0. The summed E-state index contributed by atoms with van der Waals surface area (Å²) in [5.41, 5.74) is 0.630. The van der Waals surface area contributed by atoms with Crippen molar-refractivity contribution >= 4 is 17.8 Å². The third-order valence-corrected chi connectivity index (χ3v) is 1.84. The topological polar surface area (TPSA) is 63.6 Å². The van der Waals surface area contributed by atoms with E-state index in [1.54, 1.807) is 24.3 Å². The fourth-order valence-electron chi connectivity index (χ4n) is 1.19. The zero-order valence-corrected chi connectivity index (χ0v) is 8.14. The zero-order valence-electron chi connectivity index (χ0n) is 8.14. The molecule has 4 heteroatoms. The number of ether oxygens (including phenoxy) is 1. The van der Waals surface area contributed by atoms with Crippen LogP contribution in [0.4, 0.5) is 0 Å². The van der Waals surface area contributed by atoms with E-state index >= 15 is 0 Å². The molecule has 1 aromatic rings. The molecular weight excluding hydrogens is 196 g/mol. The minimum atomic E-state index is -1.13. The van der Waals surface area contributed by atoms with Gasteiger partial charge in [0.2, 0.25) is 0 Å². The van der Waals surface area contributed by atoms with Crippen LogP contribution in [-0.2, 0) is 9.53 Å². The van der Waals surface area contributed by atoms with E-state index in [0.717, 1.165) is 6.26 Å². The molecule has 0 aliphatic rings. The van der Waals surface area contributed by atoms with Gasteiger partial charge in [-0.2, -0.15) is 0 Å². The van der Waals surface area contributed by atoms with Gasteiger partial charge in [-0.3, -0.25) is 4.79 Å². The number of benzene rings is 1. The maximum absolute atomic E-state index is 10.9. The second kappa shape index (κ2) is 4.95. The molecule has 0 bridgehead atoms. The summed E-state index contributed by atoms with van der Waals surface area (Å²) in [6.07, 6.45) is 1.71. The number of methoxy groups -OCH3 is 1. The molecule has 0 atom stereocenters. The summed E-state index contributed by atoms with van der Waals surface area (Å²) in [5.74, 6) is -1.13. The van der Waals surface area contributed by atoms with Crippen LogP contribution >= 0.6 is 0 Å². The molecule has 4 nitrogen and oxygen atoms in total. The fourth-order valence-corrected chi connectivity index (χ4v) is 1.19. The Kier molecular flexibility index (Phi) is 3.62. The van der Waals surface area contributed by atoms with Crippen LogP contribution in [0.2, 0.25) is 0 Å². The van der Waals surface area contributed by atoms with Crippen molar-refractivity contribution in [2.45, 2.75) is 0 Å². The largest absolute Gasteiger partial charge is 0.503 e. The predicted octanol–water partition coefficient (Wildman–Crippen LogP) is 1.57. The average Bonchev–Trinajstić information content (AvgIpc) is 2.25. The van der Waals surface area contributed by atoms with Gasteiger partial charge in [0.25, 0.3) is 0 Å². The van der Waals surface area contributed by atoms with Crippen molar-refractivity contribution < 1.29 is 19.4 Å². The molecule has 15 heavy (non-hydrogen) atoms. The van der Waals surface area contributed by atoms with Crippen LogP contribution in [0.1, 0.15) is 15.9 Å². The normalized spacial score (nSPS) is 10.9. The standard InChI is InChI=1S/C11H10O4/c1-15-7-10(11(13)14)9-5-3-2-4-8(9)6-12/h2-7H,1H3,(H,13,14)/b10-7+. The molecule has 0 amide bonds. The molecule has 0 radical (unpaired) electrons. The summed E-state index contributed by atoms with van der Waals surface area (Å²) in [6, 6.07) is 6.44. The number of rotatable bonds is 4. The van der Waals surface area contributed by atoms with Gasteiger partial charge in [0.1, 0.15) is 5.57 Å². The lowest BCUT2D eigenvalue weighted by Crippen LogP contribution is -2.03. The van der Waals surface area contributed by atoms with Gasteiger partial charge in [0.15, 0.2) is 6.29 Å². The summed E-state index contributed by atoms with van der Waals surface area (Å²) in [4.78, 5) is 21.6. The average molecular weight is 206 g/mol. The fraction of sp³-hybridized carbons (Fsp3) is 0.0909. The molecule has 0 unspecified atom stereocenters. The molecule has 0 spiro atoms. The van der Waals surface area contributed by atoms with Crippen LogP contribution in [0.25, 0.3) is 5.57 Å². The first kappa shape index (κ1) is 11.0. The molecule has 78 valence electrons. The highest BCUT2D eigenvalue weighted by Crippen LogP contribution is 2.18. The molecule has 0 aromatic heterocycles. The Morgan fingerprint density at radius 1 is 1.40 bits per heavy atom. The van der Waals surface area contributed by atoms with Crippen LogP contribution in [0.5, 0.6) is 0 Å². The monoisotopic (exact) mass is 206 g/mol. The number of aldehydes is 1. The lowest BCUT2D eigenvalue weighted by Gasteiger charge is -2.04. The highest BCUT2D eigenvalue weighted by Gasteiger charge is 2.13. The van der Waals surface area contributed by atoms with E-state index in [2.05, 4.69) is 4.74 Å². The van der Waals surface area contributed by atoms with Crippen LogP contribution in [-0.4, -0.2) is 24.5 Å². The molecule has 0 fully saturated rings. The molecule has 0 saturated heterocycles. The highest BCUT2D eigenvalue weighted by atomic mass is 16.5. The third-order valence-electron chi connectivity index (χ3n) is 1.84. The quantitative estimate of drug-likeness (QED) is 0.461. The predicted molar refractivity (Wildman–Crippen MR) is 54.5 cm³/mol. The van der Waals surface area contributed by atoms with E-state index in [4.69, 9.17) is 5.11 Å². The summed E-state index contributed by atoms with van der Waals surface area (Å²) >= 11 is 0. The van der Waals surface area contributed by atoms with E-state index in [9.17, 15) is 9.59 Å². The number of aliphatic carboxylic acids is 1. The Morgan fingerprint density at radius 3 is 2.60 bits per heavy atom. The number of carbonyl (C=O) groups excluding carboxylic acids is 1. The molecule has 1 N–H and O–H groups in total. The second-order valence-corrected chi connectivity index (χ2v) is 2.78. The number of carboxylic acid groups (broad SMARTS) is 1. The first-order valence-corrected chi connectivity index (χ1v) is 4.21. The maximum Gasteiger partial charge on any atom is 0.339 e. The number of hydrogen-bond acceptors (Lipinski definition) is 3. The number of carbonyl (C=O) groups is 2. The van der Waals surface area contributed by atoms with Crippen molar-refractivity contribution in [2.75, 3.05) is 7.11 Å². The van der Waals surface area contributed by atoms with E-state index in [1.165, 1.54) is 7.11 Å². The minimum absolute atomic E-state index is 0.0415. The molecule has 0 aliphatic heterocycles. The Balaban J connectivity index is 3.28. The number of carboxylic acids is 1. The maximum atomic E-state index is 10.9. The Bertz CT molecular complexity index is 407. The van der Waals surface area contributed by atoms with E-state index < -0.39 is 5.97 Å². The molecular formula is C11H10O4. The second-order valence-electron chi connectivity index (χ2n) is 2.78. The first-order chi connectivity index (χ1) is 7.20. The van der Waals surface area contributed by atoms with Gasteiger partial charge in [0.05, 0.1) is 13.4 Å². The van der Waals surface area contributed by atoms with Gasteiger partial charge in [-0.15, -0.1) is 0 Å². The Labute approximate surface area is 86.8 Å². The molecule has 0 saturated carbocycles. The minimum Gasteiger partial charge on any atom is -0.503 e.